The predicted octanol–water partition coefficient (Wildman–Crippen LogP) is 5.18. The molecule has 0 bridgehead atoms. The van der Waals surface area contributed by atoms with Crippen molar-refractivity contribution < 1.29 is 19.1 Å². The van der Waals surface area contributed by atoms with E-state index < -0.39 is 6.03 Å². The molecule has 1 aliphatic carbocycles. The van der Waals surface area contributed by atoms with Crippen LogP contribution in [0.25, 0.3) is 22.5 Å². The van der Waals surface area contributed by atoms with Gasteiger partial charge in [0.1, 0.15) is 11.4 Å². The molecular formula is C34H36N6O4. The van der Waals surface area contributed by atoms with Gasteiger partial charge in [-0.25, -0.2) is 9.80 Å². The van der Waals surface area contributed by atoms with Crippen LogP contribution in [0, 0.1) is 0 Å². The highest BCUT2D eigenvalue weighted by molar-refractivity contribution is 6.27. The number of amides is 2. The second-order valence-electron chi connectivity index (χ2n) is 11.4. The number of piperidine rings is 1. The Labute approximate surface area is 256 Å². The first-order valence-electron chi connectivity index (χ1n) is 15.3. The van der Waals surface area contributed by atoms with Gasteiger partial charge in [-0.15, -0.1) is 0 Å². The van der Waals surface area contributed by atoms with Crippen LogP contribution < -0.4 is 20.4 Å². The molecule has 1 aromatic heterocycles. The predicted molar refractivity (Wildman–Crippen MR) is 169 cm³/mol. The Morgan fingerprint density at radius 1 is 0.909 bits per heavy atom. The molecule has 3 heterocycles. The summed E-state index contributed by atoms with van der Waals surface area (Å²) in [7, 11) is 1.65. The highest BCUT2D eigenvalue weighted by atomic mass is 16.5. The Kier molecular flexibility index (Phi) is 7.76. The van der Waals surface area contributed by atoms with Gasteiger partial charge in [0.15, 0.2) is 5.78 Å². The number of hydrogen-bond acceptors (Lipinski definition) is 7. The van der Waals surface area contributed by atoms with E-state index in [4.69, 9.17) is 14.6 Å². The van der Waals surface area contributed by atoms with E-state index in [1.165, 1.54) is 24.9 Å². The molecule has 3 aromatic carbocycles. The summed E-state index contributed by atoms with van der Waals surface area (Å²) in [6.07, 6.45) is 3.69. The third-order valence-electron chi connectivity index (χ3n) is 8.60. The standard InChI is InChI=1S/C34H36N6O4/c1-43-26-14-8-23(9-15-26)22-40-32-27-6-5-7-28(35-34(42)37-39-18-20-44-21-19-39)29(27)33(41)30(32)31(36-40)24-10-12-25(13-11-24)38-16-3-2-4-17-38/h5-15H,2-4,16-22H2,1H3,(H2,35,37,42). The van der Waals surface area contributed by atoms with Crippen LogP contribution in [-0.2, 0) is 11.3 Å². The Hall–Kier alpha value is -4.67. The van der Waals surface area contributed by atoms with Crippen molar-refractivity contribution in [2.24, 2.45) is 0 Å². The van der Waals surface area contributed by atoms with Crippen LogP contribution in [0.15, 0.2) is 66.7 Å². The fourth-order valence-corrected chi connectivity index (χ4v) is 6.35. The maximum absolute atomic E-state index is 14.3. The smallest absolute Gasteiger partial charge is 0.333 e. The van der Waals surface area contributed by atoms with Crippen molar-refractivity contribution in [1.29, 1.82) is 0 Å². The molecule has 0 unspecified atom stereocenters. The molecule has 3 aliphatic rings. The minimum absolute atomic E-state index is 0.145. The van der Waals surface area contributed by atoms with Gasteiger partial charge in [0.2, 0.25) is 0 Å². The Bertz CT molecular complexity index is 1670. The fourth-order valence-electron chi connectivity index (χ4n) is 6.35. The summed E-state index contributed by atoms with van der Waals surface area (Å²) in [5.41, 5.74) is 9.64. The summed E-state index contributed by atoms with van der Waals surface area (Å²) in [4.78, 5) is 29.6. The number of carbonyl (C=O) groups is 2. The summed E-state index contributed by atoms with van der Waals surface area (Å²) in [6, 6.07) is 21.4. The normalized spacial score (nSPS) is 16.4. The summed E-state index contributed by atoms with van der Waals surface area (Å²) >= 11 is 0. The molecule has 2 amide bonds. The first-order valence-corrected chi connectivity index (χ1v) is 15.3. The van der Waals surface area contributed by atoms with E-state index in [9.17, 15) is 9.59 Å². The number of fused-ring (bicyclic) bond motifs is 3. The number of rotatable bonds is 7. The zero-order valence-electron chi connectivity index (χ0n) is 24.8. The molecule has 0 saturated carbocycles. The topological polar surface area (TPSA) is 101 Å². The van der Waals surface area contributed by atoms with E-state index in [0.717, 1.165) is 41.2 Å². The molecule has 0 spiro atoms. The first-order chi connectivity index (χ1) is 21.6. The molecule has 2 aliphatic heterocycles. The largest absolute Gasteiger partial charge is 0.497 e. The lowest BCUT2D eigenvalue weighted by Gasteiger charge is -2.28. The number of urea groups is 1. The number of carbonyl (C=O) groups excluding carboxylic acids is 2. The van der Waals surface area contributed by atoms with Crippen molar-refractivity contribution in [3.05, 3.63) is 83.4 Å². The summed E-state index contributed by atoms with van der Waals surface area (Å²) < 4.78 is 12.6. The van der Waals surface area contributed by atoms with Crippen molar-refractivity contribution in [3.8, 4) is 28.3 Å². The zero-order valence-corrected chi connectivity index (χ0v) is 24.8. The average Bonchev–Trinajstić information content (AvgIpc) is 3.58. The lowest BCUT2D eigenvalue weighted by atomic mass is 10.0. The van der Waals surface area contributed by atoms with Gasteiger partial charge >= 0.3 is 6.03 Å². The van der Waals surface area contributed by atoms with Crippen LogP contribution in [-0.4, -0.2) is 73.1 Å². The Morgan fingerprint density at radius 3 is 2.39 bits per heavy atom. The monoisotopic (exact) mass is 592 g/mol. The number of nitrogens with zero attached hydrogens (tertiary/aromatic N) is 4. The lowest BCUT2D eigenvalue weighted by Crippen LogP contribution is -2.49. The SMILES string of the molecule is COc1ccc(Cn2nc(-c3ccc(N4CCCCC4)cc3)c3c2-c2cccc(NC(=O)NN4CCOCC4)c2C3=O)cc1. The maximum atomic E-state index is 14.3. The van der Waals surface area contributed by atoms with E-state index in [-0.39, 0.29) is 5.78 Å². The van der Waals surface area contributed by atoms with E-state index >= 15 is 0 Å². The van der Waals surface area contributed by atoms with Crippen LogP contribution in [0.4, 0.5) is 16.2 Å². The second kappa shape index (κ2) is 12.1. The zero-order chi connectivity index (χ0) is 30.0. The summed E-state index contributed by atoms with van der Waals surface area (Å²) in [5, 5.41) is 9.78. The van der Waals surface area contributed by atoms with E-state index in [2.05, 4.69) is 39.9 Å². The number of hydrogen-bond donors (Lipinski definition) is 2. The van der Waals surface area contributed by atoms with Crippen LogP contribution in [0.2, 0.25) is 0 Å². The minimum Gasteiger partial charge on any atom is -0.497 e. The van der Waals surface area contributed by atoms with E-state index in [1.54, 1.807) is 13.2 Å². The van der Waals surface area contributed by atoms with Crippen molar-refractivity contribution >= 4 is 23.2 Å². The summed E-state index contributed by atoms with van der Waals surface area (Å²) in [6.45, 7) is 4.92. The average molecular weight is 593 g/mol. The number of nitrogens with one attached hydrogen (secondary N) is 2. The molecule has 2 saturated heterocycles. The third-order valence-corrected chi connectivity index (χ3v) is 8.60. The number of benzene rings is 3. The van der Waals surface area contributed by atoms with Gasteiger partial charge in [0.25, 0.3) is 0 Å². The van der Waals surface area contributed by atoms with Crippen LogP contribution in [0.1, 0.15) is 40.7 Å². The van der Waals surface area contributed by atoms with E-state index in [1.807, 2.05) is 46.1 Å². The van der Waals surface area contributed by atoms with Crippen molar-refractivity contribution in [2.75, 3.05) is 56.7 Å². The van der Waals surface area contributed by atoms with Gasteiger partial charge in [-0.05, 0) is 55.2 Å². The Morgan fingerprint density at radius 2 is 1.66 bits per heavy atom. The Balaban J connectivity index is 1.25. The number of hydrazine groups is 1. The lowest BCUT2D eigenvalue weighted by molar-refractivity contribution is 0.0207. The third kappa shape index (κ3) is 5.42. The molecule has 0 atom stereocenters. The molecular weight excluding hydrogens is 556 g/mol. The molecule has 226 valence electrons. The van der Waals surface area contributed by atoms with Gasteiger partial charge < -0.3 is 19.7 Å². The molecule has 10 nitrogen and oxygen atoms in total. The number of aromatic nitrogens is 2. The molecule has 44 heavy (non-hydrogen) atoms. The number of methoxy groups -OCH3 is 1. The number of anilines is 2. The van der Waals surface area contributed by atoms with Gasteiger partial charge in [-0.2, -0.15) is 5.10 Å². The van der Waals surface area contributed by atoms with Crippen molar-refractivity contribution in [1.82, 2.24) is 20.2 Å². The van der Waals surface area contributed by atoms with Gasteiger partial charge in [0, 0.05) is 43.0 Å². The van der Waals surface area contributed by atoms with E-state index in [0.29, 0.717) is 55.4 Å². The van der Waals surface area contributed by atoms with Crippen molar-refractivity contribution in [3.63, 3.8) is 0 Å². The maximum Gasteiger partial charge on any atom is 0.333 e. The quantitative estimate of drug-likeness (QED) is 0.269. The number of morpholine rings is 1. The summed E-state index contributed by atoms with van der Waals surface area (Å²) in [5.74, 6) is 0.633. The fraction of sp³-hybridized carbons (Fsp3) is 0.324. The molecule has 2 fully saturated rings. The van der Waals surface area contributed by atoms with Crippen LogP contribution in [0.3, 0.4) is 0 Å². The minimum atomic E-state index is -0.391. The molecule has 0 radical (unpaired) electrons. The first kappa shape index (κ1) is 28.1. The van der Waals surface area contributed by atoms with Crippen LogP contribution in [0.5, 0.6) is 5.75 Å². The second-order valence-corrected chi connectivity index (χ2v) is 11.4. The molecule has 7 rings (SSSR count). The van der Waals surface area contributed by atoms with Crippen LogP contribution >= 0.6 is 0 Å². The van der Waals surface area contributed by atoms with Gasteiger partial charge in [-0.3, -0.25) is 14.9 Å². The highest BCUT2D eigenvalue weighted by Gasteiger charge is 2.37. The number of ether oxygens (including phenoxy) is 2. The highest BCUT2D eigenvalue weighted by Crippen LogP contribution is 2.45. The van der Waals surface area contributed by atoms with Gasteiger partial charge in [-0.1, -0.05) is 36.4 Å². The molecule has 10 heteroatoms. The van der Waals surface area contributed by atoms with Gasteiger partial charge in [0.05, 0.1) is 49.4 Å². The number of ketones is 1. The van der Waals surface area contributed by atoms with Crippen molar-refractivity contribution in [2.45, 2.75) is 25.8 Å². The molecule has 2 N–H and O–H groups in total. The molecule has 4 aromatic rings.